The van der Waals surface area contributed by atoms with E-state index in [1.54, 1.807) is 0 Å². The Labute approximate surface area is 126 Å². The molecule has 0 unspecified atom stereocenters. The summed E-state index contributed by atoms with van der Waals surface area (Å²) in [6, 6.07) is -0.557. The summed E-state index contributed by atoms with van der Waals surface area (Å²) in [6.45, 7) is 5.82. The topological polar surface area (TPSA) is 66.5 Å². The lowest BCUT2D eigenvalue weighted by Gasteiger charge is -2.45. The molecule has 2 fully saturated rings. The number of imide groups is 2. The molecule has 4 amide bonds. The largest absolute Gasteiger partial charge is 0.331 e. The highest BCUT2D eigenvalue weighted by atomic mass is 16.2. The minimum absolute atomic E-state index is 0.281. The predicted octanol–water partition coefficient (Wildman–Crippen LogP) is 2.98. The van der Waals surface area contributed by atoms with Gasteiger partial charge in [-0.15, -0.1) is 0 Å². The number of nitrogens with zero attached hydrogens (tertiary/aromatic N) is 1. The summed E-state index contributed by atoms with van der Waals surface area (Å²) >= 11 is 0. The van der Waals surface area contributed by atoms with Gasteiger partial charge < -0.3 is 0 Å². The van der Waals surface area contributed by atoms with Crippen molar-refractivity contribution in [2.24, 2.45) is 5.41 Å². The molecule has 1 aliphatic heterocycles. The van der Waals surface area contributed by atoms with Crippen LogP contribution in [0.1, 0.15) is 72.1 Å². The van der Waals surface area contributed by atoms with Crippen molar-refractivity contribution in [1.29, 1.82) is 0 Å². The third kappa shape index (κ3) is 2.70. The Morgan fingerprint density at radius 3 is 2.19 bits per heavy atom. The van der Waals surface area contributed by atoms with Gasteiger partial charge in [0.1, 0.15) is 5.41 Å². The molecule has 2 aliphatic rings. The summed E-state index contributed by atoms with van der Waals surface area (Å²) in [5.41, 5.74) is -1.58. The standard InChI is InChI=1S/C16H26N2O3/c1-4-9-15(2,3)18-13(20)16(12(19)17-14(18)21)10-7-5-6-8-11-16/h4-11H2,1-3H3,(H,17,19,21). The Bertz CT molecular complexity index is 448. The Balaban J connectivity index is 2.37. The number of barbiturate groups is 1. The predicted molar refractivity (Wildman–Crippen MR) is 79.5 cm³/mol. The van der Waals surface area contributed by atoms with Gasteiger partial charge in [0.05, 0.1) is 0 Å². The average Bonchev–Trinajstić information content (AvgIpc) is 2.63. The molecule has 118 valence electrons. The number of carbonyl (C=O) groups excluding carboxylic acids is 3. The second-order valence-corrected chi connectivity index (χ2v) is 6.96. The lowest BCUT2D eigenvalue weighted by atomic mass is 9.75. The quantitative estimate of drug-likeness (QED) is 0.814. The van der Waals surface area contributed by atoms with E-state index in [9.17, 15) is 14.4 Å². The van der Waals surface area contributed by atoms with Crippen molar-refractivity contribution in [3.63, 3.8) is 0 Å². The summed E-state index contributed by atoms with van der Waals surface area (Å²) < 4.78 is 0. The molecule has 0 atom stereocenters. The van der Waals surface area contributed by atoms with Crippen molar-refractivity contribution < 1.29 is 14.4 Å². The molecule has 0 aromatic rings. The van der Waals surface area contributed by atoms with Crippen molar-refractivity contribution in [2.75, 3.05) is 0 Å². The zero-order chi connectivity index (χ0) is 15.7. The number of urea groups is 1. The van der Waals surface area contributed by atoms with Crippen molar-refractivity contribution in [2.45, 2.75) is 77.7 Å². The van der Waals surface area contributed by atoms with Gasteiger partial charge in [0.15, 0.2) is 0 Å². The lowest BCUT2D eigenvalue weighted by molar-refractivity contribution is -0.156. The molecule has 1 saturated heterocycles. The van der Waals surface area contributed by atoms with Crippen LogP contribution < -0.4 is 5.32 Å². The van der Waals surface area contributed by atoms with E-state index in [2.05, 4.69) is 5.32 Å². The lowest BCUT2D eigenvalue weighted by Crippen LogP contribution is -2.68. The molecular weight excluding hydrogens is 268 g/mol. The fraction of sp³-hybridized carbons (Fsp3) is 0.812. The third-order valence-corrected chi connectivity index (χ3v) is 4.89. The van der Waals surface area contributed by atoms with Gasteiger partial charge in [-0.1, -0.05) is 39.0 Å². The van der Waals surface area contributed by atoms with Crippen molar-refractivity contribution >= 4 is 17.8 Å². The fourth-order valence-corrected chi connectivity index (χ4v) is 3.72. The van der Waals surface area contributed by atoms with Gasteiger partial charge in [0, 0.05) is 5.54 Å². The van der Waals surface area contributed by atoms with E-state index >= 15 is 0 Å². The monoisotopic (exact) mass is 294 g/mol. The second-order valence-electron chi connectivity index (χ2n) is 6.96. The zero-order valence-corrected chi connectivity index (χ0v) is 13.3. The molecule has 0 aromatic carbocycles. The Kier molecular flexibility index (Phi) is 4.40. The van der Waals surface area contributed by atoms with E-state index in [4.69, 9.17) is 0 Å². The molecule has 2 rings (SSSR count). The first-order valence-corrected chi connectivity index (χ1v) is 8.05. The minimum Gasteiger partial charge on any atom is -0.277 e. The van der Waals surface area contributed by atoms with Crippen LogP contribution in [0.15, 0.2) is 0 Å². The minimum atomic E-state index is -1.02. The van der Waals surface area contributed by atoms with E-state index in [1.807, 2.05) is 20.8 Å². The number of amides is 4. The van der Waals surface area contributed by atoms with Crippen LogP contribution in [-0.4, -0.2) is 28.3 Å². The Morgan fingerprint density at radius 1 is 1.10 bits per heavy atom. The number of hydrogen-bond donors (Lipinski definition) is 1. The van der Waals surface area contributed by atoms with Crippen LogP contribution in [0.4, 0.5) is 4.79 Å². The van der Waals surface area contributed by atoms with Crippen LogP contribution in [0.25, 0.3) is 0 Å². The summed E-state index contributed by atoms with van der Waals surface area (Å²) in [5.74, 6) is -0.667. The van der Waals surface area contributed by atoms with E-state index in [-0.39, 0.29) is 11.8 Å². The molecule has 1 saturated carbocycles. The molecule has 5 nitrogen and oxygen atoms in total. The first-order chi connectivity index (χ1) is 9.85. The first-order valence-electron chi connectivity index (χ1n) is 8.05. The van der Waals surface area contributed by atoms with Crippen LogP contribution in [0.3, 0.4) is 0 Å². The average molecular weight is 294 g/mol. The number of hydrogen-bond acceptors (Lipinski definition) is 3. The van der Waals surface area contributed by atoms with Crippen LogP contribution in [0.5, 0.6) is 0 Å². The molecule has 0 radical (unpaired) electrons. The fourth-order valence-electron chi connectivity index (χ4n) is 3.72. The van der Waals surface area contributed by atoms with Crippen molar-refractivity contribution in [3.8, 4) is 0 Å². The van der Waals surface area contributed by atoms with Crippen molar-refractivity contribution in [3.05, 3.63) is 0 Å². The molecule has 1 heterocycles. The van der Waals surface area contributed by atoms with Crippen molar-refractivity contribution in [1.82, 2.24) is 10.2 Å². The summed E-state index contributed by atoms with van der Waals surface area (Å²) in [6.07, 6.45) is 6.57. The maximum absolute atomic E-state index is 13.0. The van der Waals surface area contributed by atoms with Gasteiger partial charge >= 0.3 is 6.03 Å². The second kappa shape index (κ2) is 5.78. The molecule has 1 aliphatic carbocycles. The molecule has 1 spiro atoms. The maximum atomic E-state index is 13.0. The van der Waals surface area contributed by atoms with Gasteiger partial charge in [-0.2, -0.15) is 0 Å². The van der Waals surface area contributed by atoms with Gasteiger partial charge in [-0.25, -0.2) is 4.79 Å². The summed E-state index contributed by atoms with van der Waals surface area (Å²) in [7, 11) is 0. The van der Waals surface area contributed by atoms with Gasteiger partial charge in [0.2, 0.25) is 11.8 Å². The van der Waals surface area contributed by atoms with E-state index < -0.39 is 17.0 Å². The van der Waals surface area contributed by atoms with Crippen LogP contribution in [0.2, 0.25) is 0 Å². The summed E-state index contributed by atoms with van der Waals surface area (Å²) in [5, 5.41) is 2.44. The number of rotatable bonds is 3. The molecule has 21 heavy (non-hydrogen) atoms. The smallest absolute Gasteiger partial charge is 0.277 e. The van der Waals surface area contributed by atoms with E-state index in [1.165, 1.54) is 4.90 Å². The molecular formula is C16H26N2O3. The Morgan fingerprint density at radius 2 is 1.67 bits per heavy atom. The van der Waals surface area contributed by atoms with Gasteiger partial charge in [0.25, 0.3) is 0 Å². The molecule has 5 heteroatoms. The maximum Gasteiger partial charge on any atom is 0.331 e. The van der Waals surface area contributed by atoms with Crippen LogP contribution in [-0.2, 0) is 9.59 Å². The van der Waals surface area contributed by atoms with Gasteiger partial charge in [-0.3, -0.25) is 19.8 Å². The van der Waals surface area contributed by atoms with Crippen LogP contribution in [0, 0.1) is 5.41 Å². The summed E-state index contributed by atoms with van der Waals surface area (Å²) in [4.78, 5) is 39.0. The Hall–Kier alpha value is -1.39. The number of carbonyl (C=O) groups is 3. The molecule has 1 N–H and O–H groups in total. The number of nitrogens with one attached hydrogen (secondary N) is 1. The van der Waals surface area contributed by atoms with Crippen LogP contribution >= 0.6 is 0 Å². The molecule has 0 aromatic heterocycles. The zero-order valence-electron chi connectivity index (χ0n) is 13.3. The van der Waals surface area contributed by atoms with E-state index in [0.717, 1.165) is 38.5 Å². The normalized spacial score (nSPS) is 23.2. The van der Waals surface area contributed by atoms with Gasteiger partial charge in [-0.05, 0) is 33.1 Å². The molecule has 0 bridgehead atoms. The first kappa shape index (κ1) is 16.0. The highest BCUT2D eigenvalue weighted by Gasteiger charge is 2.56. The third-order valence-electron chi connectivity index (χ3n) is 4.89. The highest BCUT2D eigenvalue weighted by Crippen LogP contribution is 2.41. The van der Waals surface area contributed by atoms with E-state index in [0.29, 0.717) is 12.8 Å². The SMILES string of the molecule is CCCC(C)(C)N1C(=O)NC(=O)C2(CCCCCC2)C1=O. The highest BCUT2D eigenvalue weighted by molar-refractivity contribution is 6.19.